The van der Waals surface area contributed by atoms with Crippen molar-refractivity contribution in [2.24, 2.45) is 5.41 Å². The fourth-order valence-corrected chi connectivity index (χ4v) is 2.24. The van der Waals surface area contributed by atoms with Gasteiger partial charge in [-0.15, -0.1) is 29.1 Å². The van der Waals surface area contributed by atoms with Crippen molar-refractivity contribution in [1.82, 2.24) is 9.97 Å². The molecule has 1 aromatic heterocycles. The van der Waals surface area contributed by atoms with Gasteiger partial charge in [0.15, 0.2) is 6.61 Å². The molecule has 0 spiro atoms. The Labute approximate surface area is 129 Å². The van der Waals surface area contributed by atoms with Crippen LogP contribution in [0.4, 0.5) is 0 Å². The molecule has 0 bridgehead atoms. The second-order valence-corrected chi connectivity index (χ2v) is 6.31. The van der Waals surface area contributed by atoms with Crippen molar-refractivity contribution in [3.63, 3.8) is 0 Å². The molecular weight excluding hydrogens is 299 g/mol. The average molecular weight is 317 g/mol. The first-order valence-electron chi connectivity index (χ1n) is 6.14. The molecule has 110 valence electrons. The van der Waals surface area contributed by atoms with Crippen LogP contribution in [0.2, 0.25) is 0 Å². The predicted molar refractivity (Wildman–Crippen MR) is 80.3 cm³/mol. The van der Waals surface area contributed by atoms with E-state index in [0.29, 0.717) is 11.8 Å². The van der Waals surface area contributed by atoms with Crippen LogP contribution in [0.1, 0.15) is 27.7 Å². The third kappa shape index (κ3) is 5.44. The van der Waals surface area contributed by atoms with E-state index in [1.54, 1.807) is 13.0 Å². The minimum Gasteiger partial charge on any atom is -0.471 e. The zero-order valence-corrected chi connectivity index (χ0v) is 13.5. The molecule has 1 aromatic rings. The molecule has 0 radical (unpaired) electrons. The first kappa shape index (κ1) is 16.9. The third-order valence-corrected chi connectivity index (χ3v) is 2.87. The Morgan fingerprint density at radius 1 is 1.25 bits per heavy atom. The van der Waals surface area contributed by atoms with Gasteiger partial charge in [0.25, 0.3) is 0 Å². The van der Waals surface area contributed by atoms with E-state index in [-0.39, 0.29) is 12.0 Å². The van der Waals surface area contributed by atoms with Crippen molar-refractivity contribution >= 4 is 23.2 Å². The zero-order valence-electron chi connectivity index (χ0n) is 12.0. The van der Waals surface area contributed by atoms with E-state index >= 15 is 0 Å². The number of rotatable bonds is 5. The smallest absolute Gasteiger partial charge is 0.221 e. The van der Waals surface area contributed by atoms with Crippen LogP contribution in [0.3, 0.4) is 0 Å². The Balaban J connectivity index is 2.80. The monoisotopic (exact) mass is 316 g/mol. The molecule has 1 rings (SSSR count). The highest BCUT2D eigenvalue weighted by atomic mass is 35.5. The van der Waals surface area contributed by atoms with Gasteiger partial charge >= 0.3 is 0 Å². The number of alkyl halides is 2. The van der Waals surface area contributed by atoms with Crippen LogP contribution in [0.15, 0.2) is 12.4 Å². The highest BCUT2D eigenvalue weighted by Crippen LogP contribution is 2.31. The fourth-order valence-electron chi connectivity index (χ4n) is 1.38. The Morgan fingerprint density at radius 3 is 2.45 bits per heavy atom. The van der Waals surface area contributed by atoms with Crippen LogP contribution in [0.5, 0.6) is 11.8 Å². The maximum atomic E-state index is 5.97. The van der Waals surface area contributed by atoms with Crippen LogP contribution < -0.4 is 9.47 Å². The van der Waals surface area contributed by atoms with Crippen molar-refractivity contribution in [3.8, 4) is 23.6 Å². The fraction of sp³-hybridized carbons (Fsp3) is 0.571. The van der Waals surface area contributed by atoms with Crippen LogP contribution in [0.25, 0.3) is 0 Å². The summed E-state index contributed by atoms with van der Waals surface area (Å²) in [5, 5.41) is 0. The molecule has 4 nitrogen and oxygen atoms in total. The number of hydrogen-bond acceptors (Lipinski definition) is 4. The summed E-state index contributed by atoms with van der Waals surface area (Å²) in [5.74, 6) is 6.28. The highest BCUT2D eigenvalue weighted by molar-refractivity contribution is 6.44. The van der Waals surface area contributed by atoms with Gasteiger partial charge in [-0.3, -0.25) is 0 Å². The lowest BCUT2D eigenvalue weighted by Gasteiger charge is -2.31. The lowest BCUT2D eigenvalue weighted by atomic mass is 9.90. The topological polar surface area (TPSA) is 44.2 Å². The molecule has 0 fully saturated rings. The summed E-state index contributed by atoms with van der Waals surface area (Å²) in [5.41, 5.74) is -0.228. The number of hydrogen-bond donors (Lipinski definition) is 0. The molecule has 6 heteroatoms. The number of aromatic nitrogens is 2. The first-order chi connectivity index (χ1) is 9.34. The Bertz CT molecular complexity index is 490. The summed E-state index contributed by atoms with van der Waals surface area (Å²) in [6, 6.07) is 1.59. The molecule has 1 atom stereocenters. The van der Waals surface area contributed by atoms with Crippen LogP contribution in [-0.4, -0.2) is 27.5 Å². The molecular formula is C14H18Cl2N2O2. The van der Waals surface area contributed by atoms with Crippen molar-refractivity contribution in [2.75, 3.05) is 6.61 Å². The van der Waals surface area contributed by atoms with E-state index < -0.39 is 10.9 Å². The average Bonchev–Trinajstić information content (AvgIpc) is 2.35. The van der Waals surface area contributed by atoms with Gasteiger partial charge in [0.05, 0.1) is 6.07 Å². The predicted octanol–water partition coefficient (Wildman–Crippen LogP) is 3.48. The molecule has 0 saturated heterocycles. The van der Waals surface area contributed by atoms with E-state index in [4.69, 9.17) is 32.7 Å². The quantitative estimate of drug-likeness (QED) is 0.616. The molecule has 0 N–H and O–H groups in total. The maximum Gasteiger partial charge on any atom is 0.221 e. The third-order valence-electron chi connectivity index (χ3n) is 2.42. The molecule has 0 aliphatic heterocycles. The van der Waals surface area contributed by atoms with Gasteiger partial charge in [0, 0.05) is 5.41 Å². The van der Waals surface area contributed by atoms with E-state index in [1.165, 1.54) is 6.33 Å². The summed E-state index contributed by atoms with van der Waals surface area (Å²) in [6.45, 7) is 7.98. The minimum atomic E-state index is -0.666. The number of ether oxygens (including phenoxy) is 2. The largest absolute Gasteiger partial charge is 0.471 e. The van der Waals surface area contributed by atoms with Crippen LogP contribution in [0, 0.1) is 17.3 Å². The van der Waals surface area contributed by atoms with E-state index in [0.717, 1.165) is 0 Å². The number of nitrogens with zero attached hydrogens (tertiary/aromatic N) is 2. The van der Waals surface area contributed by atoms with Gasteiger partial charge in [0.1, 0.15) is 17.3 Å². The second-order valence-electron chi connectivity index (χ2n) is 5.15. The van der Waals surface area contributed by atoms with Gasteiger partial charge < -0.3 is 9.47 Å². The summed E-state index contributed by atoms with van der Waals surface area (Å²) in [7, 11) is 0. The van der Waals surface area contributed by atoms with E-state index in [1.807, 2.05) is 20.8 Å². The van der Waals surface area contributed by atoms with Crippen LogP contribution in [-0.2, 0) is 0 Å². The summed E-state index contributed by atoms with van der Waals surface area (Å²) in [6.07, 6.45) is 0.963. The molecule has 0 aliphatic carbocycles. The summed E-state index contributed by atoms with van der Waals surface area (Å²) in [4.78, 5) is 7.35. The SMILES string of the molecule is CC#CCOc1cc(OC(C(Cl)Cl)C(C)(C)C)ncn1. The van der Waals surface area contributed by atoms with Crippen molar-refractivity contribution in [2.45, 2.75) is 38.6 Å². The molecule has 0 aliphatic rings. The van der Waals surface area contributed by atoms with Crippen molar-refractivity contribution in [1.29, 1.82) is 0 Å². The normalized spacial score (nSPS) is 12.6. The molecule has 1 unspecified atom stereocenters. The Hall–Kier alpha value is -1.18. The lowest BCUT2D eigenvalue weighted by molar-refractivity contribution is 0.0929. The van der Waals surface area contributed by atoms with Gasteiger partial charge in [-0.2, -0.15) is 0 Å². The zero-order chi connectivity index (χ0) is 15.2. The van der Waals surface area contributed by atoms with Gasteiger partial charge in [-0.1, -0.05) is 26.7 Å². The van der Waals surface area contributed by atoms with Crippen molar-refractivity contribution < 1.29 is 9.47 Å². The molecule has 1 heterocycles. The Kier molecular flexibility index (Phi) is 6.38. The second kappa shape index (κ2) is 7.56. The summed E-state index contributed by atoms with van der Waals surface area (Å²) < 4.78 is 11.1. The highest BCUT2D eigenvalue weighted by Gasteiger charge is 2.32. The maximum absolute atomic E-state index is 5.97. The molecule has 0 amide bonds. The van der Waals surface area contributed by atoms with Crippen molar-refractivity contribution in [3.05, 3.63) is 12.4 Å². The minimum absolute atomic E-state index is 0.228. The molecule has 20 heavy (non-hydrogen) atoms. The lowest BCUT2D eigenvalue weighted by Crippen LogP contribution is -2.37. The molecule has 0 saturated carbocycles. The van der Waals surface area contributed by atoms with Gasteiger partial charge in [-0.25, -0.2) is 9.97 Å². The summed E-state index contributed by atoms with van der Waals surface area (Å²) >= 11 is 11.9. The standard InChI is InChI=1S/C14H18Cl2N2O2/c1-5-6-7-19-10-8-11(18-9-17-10)20-12(13(15)16)14(2,3)4/h8-9,12-13H,7H2,1-4H3. The van der Waals surface area contributed by atoms with Gasteiger partial charge in [-0.05, 0) is 6.92 Å². The number of halogens is 2. The molecule has 0 aromatic carbocycles. The Morgan fingerprint density at radius 2 is 1.90 bits per heavy atom. The van der Waals surface area contributed by atoms with Gasteiger partial charge in [0.2, 0.25) is 11.8 Å². The van der Waals surface area contributed by atoms with E-state index in [2.05, 4.69) is 21.8 Å². The first-order valence-corrected chi connectivity index (χ1v) is 7.01. The van der Waals surface area contributed by atoms with Crippen LogP contribution >= 0.6 is 23.2 Å². The van der Waals surface area contributed by atoms with E-state index in [9.17, 15) is 0 Å².